The van der Waals surface area contributed by atoms with Gasteiger partial charge in [0.05, 0.1) is 28.2 Å². The van der Waals surface area contributed by atoms with Crippen LogP contribution < -0.4 is 4.90 Å². The Labute approximate surface area is 171 Å². The quantitative estimate of drug-likeness (QED) is 0.525. The zero-order valence-electron chi connectivity index (χ0n) is 15.0. The van der Waals surface area contributed by atoms with Crippen LogP contribution in [0.3, 0.4) is 0 Å². The number of amides is 2. The van der Waals surface area contributed by atoms with Crippen molar-refractivity contribution in [2.75, 3.05) is 4.90 Å². The molecule has 140 valence electrons. The highest BCUT2D eigenvalue weighted by Gasteiger charge is 2.40. The summed E-state index contributed by atoms with van der Waals surface area (Å²) in [6.07, 6.45) is 1.59. The van der Waals surface area contributed by atoms with Crippen LogP contribution in [0.2, 0.25) is 5.02 Å². The fraction of sp³-hybridized carbons (Fsp3) is 0.0909. The predicted octanol–water partition coefficient (Wildman–Crippen LogP) is 5.46. The van der Waals surface area contributed by atoms with E-state index in [1.54, 1.807) is 42.7 Å². The van der Waals surface area contributed by atoms with Gasteiger partial charge in [-0.15, -0.1) is 11.8 Å². The molecule has 28 heavy (non-hydrogen) atoms. The Morgan fingerprint density at radius 2 is 1.79 bits per heavy atom. The molecule has 0 aliphatic carbocycles. The van der Waals surface area contributed by atoms with E-state index in [0.29, 0.717) is 32.5 Å². The minimum Gasteiger partial charge on any atom is -0.468 e. The average molecular weight is 410 g/mol. The summed E-state index contributed by atoms with van der Waals surface area (Å²) in [7, 11) is 0. The van der Waals surface area contributed by atoms with Gasteiger partial charge < -0.3 is 4.42 Å². The second-order valence-corrected chi connectivity index (χ2v) is 7.79. The summed E-state index contributed by atoms with van der Waals surface area (Å²) in [6.45, 7) is 1.93. The van der Waals surface area contributed by atoms with Gasteiger partial charge in [0.25, 0.3) is 11.8 Å². The van der Waals surface area contributed by atoms with Crippen LogP contribution >= 0.6 is 23.4 Å². The van der Waals surface area contributed by atoms with Gasteiger partial charge in [-0.3, -0.25) is 9.59 Å². The van der Waals surface area contributed by atoms with Crippen LogP contribution in [0.5, 0.6) is 0 Å². The van der Waals surface area contributed by atoms with Crippen molar-refractivity contribution in [1.29, 1.82) is 0 Å². The van der Waals surface area contributed by atoms with Crippen molar-refractivity contribution in [3.63, 3.8) is 0 Å². The van der Waals surface area contributed by atoms with Crippen molar-refractivity contribution in [2.24, 2.45) is 0 Å². The van der Waals surface area contributed by atoms with E-state index in [4.69, 9.17) is 16.0 Å². The maximum absolute atomic E-state index is 13.3. The average Bonchev–Trinajstić information content (AvgIpc) is 3.27. The van der Waals surface area contributed by atoms with Crippen molar-refractivity contribution >= 4 is 46.4 Å². The van der Waals surface area contributed by atoms with E-state index in [1.165, 1.54) is 16.7 Å². The van der Waals surface area contributed by atoms with Gasteiger partial charge in [-0.1, -0.05) is 35.9 Å². The highest BCUT2D eigenvalue weighted by molar-refractivity contribution is 8.03. The molecule has 0 bridgehead atoms. The van der Waals surface area contributed by atoms with Crippen LogP contribution in [0, 0.1) is 6.92 Å². The number of furan rings is 1. The van der Waals surface area contributed by atoms with E-state index >= 15 is 0 Å². The fourth-order valence-electron chi connectivity index (χ4n) is 3.05. The number of hydrogen-bond acceptors (Lipinski definition) is 4. The standard InChI is InChI=1S/C22H16ClNO3S/c1-14-4-2-5-17(12-14)24-21(25)19(15-7-9-16(23)10-8-15)20(22(24)26)28-13-18-6-3-11-27-18/h2-12H,13H2,1H3. The number of anilines is 1. The molecule has 0 saturated heterocycles. The number of imide groups is 1. The normalized spacial score (nSPS) is 14.3. The van der Waals surface area contributed by atoms with Crippen molar-refractivity contribution in [1.82, 2.24) is 0 Å². The third-order valence-electron chi connectivity index (χ3n) is 4.37. The molecule has 0 N–H and O–H groups in total. The zero-order valence-corrected chi connectivity index (χ0v) is 16.6. The molecule has 2 heterocycles. The van der Waals surface area contributed by atoms with E-state index in [2.05, 4.69) is 0 Å². The SMILES string of the molecule is Cc1cccc(N2C(=O)C(SCc3ccco3)=C(c3ccc(Cl)cc3)C2=O)c1. The number of aryl methyl sites for hydroxylation is 1. The molecule has 0 saturated carbocycles. The van der Waals surface area contributed by atoms with Gasteiger partial charge in [-0.25, -0.2) is 4.90 Å². The highest BCUT2D eigenvalue weighted by atomic mass is 35.5. The number of nitrogens with zero attached hydrogens (tertiary/aromatic N) is 1. The number of halogens is 1. The molecule has 0 fully saturated rings. The minimum absolute atomic E-state index is 0.322. The third kappa shape index (κ3) is 3.51. The summed E-state index contributed by atoms with van der Waals surface area (Å²) in [4.78, 5) is 28.1. The zero-order chi connectivity index (χ0) is 19.7. The molecule has 1 aliphatic rings. The maximum Gasteiger partial charge on any atom is 0.272 e. The van der Waals surface area contributed by atoms with E-state index in [0.717, 1.165) is 11.3 Å². The topological polar surface area (TPSA) is 50.5 Å². The molecule has 1 aromatic heterocycles. The van der Waals surface area contributed by atoms with Crippen molar-refractivity contribution < 1.29 is 14.0 Å². The van der Waals surface area contributed by atoms with Crippen molar-refractivity contribution in [3.8, 4) is 0 Å². The van der Waals surface area contributed by atoms with E-state index in [1.807, 2.05) is 31.2 Å². The number of hydrogen-bond donors (Lipinski definition) is 0. The molecule has 1 aliphatic heterocycles. The molecule has 4 rings (SSSR count). The molecule has 6 heteroatoms. The number of thioether (sulfide) groups is 1. The monoisotopic (exact) mass is 409 g/mol. The van der Waals surface area contributed by atoms with Gasteiger partial charge >= 0.3 is 0 Å². The Bertz CT molecular complexity index is 1070. The van der Waals surface area contributed by atoms with Crippen LogP contribution in [0.4, 0.5) is 5.69 Å². The Morgan fingerprint density at radius 3 is 2.46 bits per heavy atom. The Hall–Kier alpha value is -2.76. The molecule has 4 nitrogen and oxygen atoms in total. The molecule has 0 spiro atoms. The molecule has 0 radical (unpaired) electrons. The fourth-order valence-corrected chi connectivity index (χ4v) is 4.20. The summed E-state index contributed by atoms with van der Waals surface area (Å²) in [5.41, 5.74) is 2.59. The van der Waals surface area contributed by atoms with Gasteiger partial charge in [-0.05, 0) is 54.4 Å². The number of benzene rings is 2. The second-order valence-electron chi connectivity index (χ2n) is 6.36. The third-order valence-corrected chi connectivity index (χ3v) is 5.72. The number of rotatable bonds is 5. The van der Waals surface area contributed by atoms with Gasteiger partial charge in [0.2, 0.25) is 0 Å². The molecule has 0 atom stereocenters. The summed E-state index contributed by atoms with van der Waals surface area (Å²) >= 11 is 7.30. The Kier molecular flexibility index (Phi) is 5.11. The lowest BCUT2D eigenvalue weighted by molar-refractivity contribution is -0.119. The van der Waals surface area contributed by atoms with Crippen LogP contribution in [0.15, 0.2) is 76.2 Å². The first-order valence-corrected chi connectivity index (χ1v) is 10.0. The minimum atomic E-state index is -0.333. The molecule has 3 aromatic rings. The van der Waals surface area contributed by atoms with E-state index < -0.39 is 0 Å². The van der Waals surface area contributed by atoms with E-state index in [-0.39, 0.29) is 11.8 Å². The lowest BCUT2D eigenvalue weighted by Crippen LogP contribution is -2.31. The number of carbonyl (C=O) groups is 2. The largest absolute Gasteiger partial charge is 0.468 e. The van der Waals surface area contributed by atoms with Crippen LogP contribution in [0.1, 0.15) is 16.9 Å². The van der Waals surface area contributed by atoms with Gasteiger partial charge in [0.15, 0.2) is 0 Å². The van der Waals surface area contributed by atoms with Crippen LogP contribution in [0.25, 0.3) is 5.57 Å². The summed E-state index contributed by atoms with van der Waals surface area (Å²) in [6, 6.07) is 17.9. The Morgan fingerprint density at radius 1 is 1.00 bits per heavy atom. The van der Waals surface area contributed by atoms with E-state index in [9.17, 15) is 9.59 Å². The Balaban J connectivity index is 1.76. The van der Waals surface area contributed by atoms with Gasteiger partial charge in [0.1, 0.15) is 5.76 Å². The number of carbonyl (C=O) groups excluding carboxylic acids is 2. The lowest BCUT2D eigenvalue weighted by atomic mass is 10.1. The summed E-state index contributed by atoms with van der Waals surface area (Å²) in [5.74, 6) is 0.541. The van der Waals surface area contributed by atoms with Crippen molar-refractivity contribution in [2.45, 2.75) is 12.7 Å². The molecule has 0 unspecified atom stereocenters. The summed E-state index contributed by atoms with van der Waals surface area (Å²) < 4.78 is 5.37. The molecule has 2 amide bonds. The first-order valence-electron chi connectivity index (χ1n) is 8.65. The van der Waals surface area contributed by atoms with Crippen LogP contribution in [-0.2, 0) is 15.3 Å². The van der Waals surface area contributed by atoms with Crippen LogP contribution in [-0.4, -0.2) is 11.8 Å². The first kappa shape index (κ1) is 18.6. The smallest absolute Gasteiger partial charge is 0.272 e. The first-order chi connectivity index (χ1) is 13.5. The van der Waals surface area contributed by atoms with Crippen molar-refractivity contribution in [3.05, 3.63) is 93.7 Å². The second kappa shape index (κ2) is 7.70. The summed E-state index contributed by atoms with van der Waals surface area (Å²) in [5, 5.41) is 0.571. The molecular formula is C22H16ClNO3S. The van der Waals surface area contributed by atoms with Gasteiger partial charge in [-0.2, -0.15) is 0 Å². The van der Waals surface area contributed by atoms with Gasteiger partial charge in [0, 0.05) is 5.02 Å². The lowest BCUT2D eigenvalue weighted by Gasteiger charge is -2.15. The predicted molar refractivity (Wildman–Crippen MR) is 112 cm³/mol. The molecular weight excluding hydrogens is 394 g/mol. The highest BCUT2D eigenvalue weighted by Crippen LogP contribution is 2.40. The molecule has 2 aromatic carbocycles. The maximum atomic E-state index is 13.3.